The van der Waals surface area contributed by atoms with Gasteiger partial charge in [-0.1, -0.05) is 0 Å². The Morgan fingerprint density at radius 2 is 1.30 bits per heavy atom. The first-order chi connectivity index (χ1) is 15.4. The highest BCUT2D eigenvalue weighted by Crippen LogP contribution is 2.04. The lowest BCUT2D eigenvalue weighted by Crippen LogP contribution is -2.58. The van der Waals surface area contributed by atoms with Gasteiger partial charge < -0.3 is 49.1 Å². The summed E-state index contributed by atoms with van der Waals surface area (Å²) in [6.45, 7) is -0.575. The molecule has 188 valence electrons. The van der Waals surface area contributed by atoms with E-state index in [1.54, 1.807) is 0 Å². The molecule has 0 aromatic carbocycles. The van der Waals surface area contributed by atoms with Crippen LogP contribution in [0.25, 0.3) is 0 Å². The first kappa shape index (κ1) is 29.7. The fourth-order valence-electron chi connectivity index (χ4n) is 2.61. The summed E-state index contributed by atoms with van der Waals surface area (Å²) in [6, 6.07) is -5.55. The van der Waals surface area contributed by atoms with Crippen molar-refractivity contribution in [3.8, 4) is 0 Å². The molecule has 0 saturated carbocycles. The predicted octanol–water partition coefficient (Wildman–Crippen LogP) is -4.89. The molecule has 0 radical (unpaired) electrons. The van der Waals surface area contributed by atoms with Crippen molar-refractivity contribution in [2.24, 2.45) is 22.9 Å². The zero-order valence-corrected chi connectivity index (χ0v) is 18.1. The molecule has 0 aliphatic heterocycles. The summed E-state index contributed by atoms with van der Waals surface area (Å²) in [5.74, 6) is -5.80. The lowest BCUT2D eigenvalue weighted by molar-refractivity contribution is -0.143. The second-order valence-electron chi connectivity index (χ2n) is 7.27. The Balaban J connectivity index is 5.41. The van der Waals surface area contributed by atoms with Crippen molar-refractivity contribution in [1.82, 2.24) is 16.0 Å². The van der Waals surface area contributed by atoms with E-state index in [0.717, 1.165) is 0 Å². The number of aliphatic hydroxyl groups excluding tert-OH is 1. The number of hydrogen-bond acceptors (Lipinski definition) is 9. The van der Waals surface area contributed by atoms with Gasteiger partial charge in [0, 0.05) is 6.42 Å². The van der Waals surface area contributed by atoms with Crippen LogP contribution in [0.3, 0.4) is 0 Å². The first-order valence-electron chi connectivity index (χ1n) is 10.2. The SMILES string of the molecule is NCCCCC(NC(=O)C(CC(N)=O)NC(=O)C(N)CCC(N)=O)C(=O)NC(CO)C(=O)O. The predicted molar refractivity (Wildman–Crippen MR) is 114 cm³/mol. The van der Waals surface area contributed by atoms with Crippen molar-refractivity contribution in [3.05, 3.63) is 0 Å². The van der Waals surface area contributed by atoms with Crippen LogP contribution in [-0.2, 0) is 28.8 Å². The van der Waals surface area contributed by atoms with Crippen molar-refractivity contribution in [2.45, 2.75) is 62.7 Å². The van der Waals surface area contributed by atoms with E-state index in [-0.39, 0.29) is 19.3 Å². The van der Waals surface area contributed by atoms with Gasteiger partial charge in [0.15, 0.2) is 0 Å². The van der Waals surface area contributed by atoms with Crippen molar-refractivity contribution < 1.29 is 39.0 Å². The van der Waals surface area contributed by atoms with Gasteiger partial charge in [-0.15, -0.1) is 0 Å². The van der Waals surface area contributed by atoms with Crippen LogP contribution in [0.1, 0.15) is 38.5 Å². The summed E-state index contributed by atoms with van der Waals surface area (Å²) in [5.41, 5.74) is 21.2. The lowest BCUT2D eigenvalue weighted by atomic mass is 10.1. The van der Waals surface area contributed by atoms with Crippen molar-refractivity contribution in [1.29, 1.82) is 0 Å². The minimum absolute atomic E-state index is 0.0574. The molecule has 0 aliphatic rings. The van der Waals surface area contributed by atoms with E-state index >= 15 is 0 Å². The average Bonchev–Trinajstić information content (AvgIpc) is 2.73. The topological polar surface area (TPSA) is 283 Å². The molecule has 5 amide bonds. The second kappa shape index (κ2) is 15.5. The van der Waals surface area contributed by atoms with E-state index in [4.69, 9.17) is 33.1 Å². The zero-order chi connectivity index (χ0) is 25.6. The highest BCUT2D eigenvalue weighted by Gasteiger charge is 2.30. The maximum Gasteiger partial charge on any atom is 0.328 e. The highest BCUT2D eigenvalue weighted by molar-refractivity contribution is 5.96. The standard InChI is InChI=1S/C18H33N7O8/c19-6-2-1-3-10(16(30)25-12(8-26)18(32)33)23-17(31)11(7-14(22)28)24-15(29)9(20)4-5-13(21)27/h9-12,26H,1-8,19-20H2,(H2,21,27)(H2,22,28)(H,23,31)(H,24,29)(H,25,30)(H,32,33). The van der Waals surface area contributed by atoms with E-state index in [1.165, 1.54) is 0 Å². The van der Waals surface area contributed by atoms with Gasteiger partial charge in [0.2, 0.25) is 29.5 Å². The summed E-state index contributed by atoms with van der Waals surface area (Å²) in [4.78, 5) is 70.7. The largest absolute Gasteiger partial charge is 0.480 e. The van der Waals surface area contributed by atoms with E-state index in [1.807, 2.05) is 0 Å². The van der Waals surface area contributed by atoms with Gasteiger partial charge in [-0.3, -0.25) is 24.0 Å². The number of carboxylic acid groups (broad SMARTS) is 1. The molecule has 4 atom stereocenters. The minimum atomic E-state index is -1.60. The fourth-order valence-corrected chi connectivity index (χ4v) is 2.61. The number of amides is 5. The zero-order valence-electron chi connectivity index (χ0n) is 18.1. The van der Waals surface area contributed by atoms with Crippen molar-refractivity contribution in [3.63, 3.8) is 0 Å². The van der Waals surface area contributed by atoms with Crippen LogP contribution in [0.2, 0.25) is 0 Å². The number of carbonyl (C=O) groups is 6. The van der Waals surface area contributed by atoms with Crippen molar-refractivity contribution in [2.75, 3.05) is 13.2 Å². The van der Waals surface area contributed by atoms with E-state index < -0.39 is 72.7 Å². The molecule has 0 aromatic rings. The van der Waals surface area contributed by atoms with Crippen molar-refractivity contribution >= 4 is 35.5 Å². The number of aliphatic hydroxyl groups is 1. The number of carbonyl (C=O) groups excluding carboxylic acids is 5. The molecule has 15 heteroatoms. The van der Waals surface area contributed by atoms with Crippen LogP contribution in [-0.4, -0.2) is 83.0 Å². The molecule has 0 saturated heterocycles. The Labute approximate surface area is 190 Å². The Bertz CT molecular complexity index is 718. The van der Waals surface area contributed by atoms with Gasteiger partial charge in [-0.05, 0) is 32.2 Å². The molecule has 0 spiro atoms. The summed E-state index contributed by atoms with van der Waals surface area (Å²) in [7, 11) is 0. The van der Waals surface area contributed by atoms with Crippen LogP contribution in [0, 0.1) is 0 Å². The first-order valence-corrected chi connectivity index (χ1v) is 10.2. The smallest absolute Gasteiger partial charge is 0.328 e. The van der Waals surface area contributed by atoms with Crippen LogP contribution in [0.15, 0.2) is 0 Å². The van der Waals surface area contributed by atoms with Gasteiger partial charge in [-0.2, -0.15) is 0 Å². The summed E-state index contributed by atoms with van der Waals surface area (Å²) < 4.78 is 0. The molecule has 4 unspecified atom stereocenters. The third-order valence-electron chi connectivity index (χ3n) is 4.45. The monoisotopic (exact) mass is 475 g/mol. The average molecular weight is 476 g/mol. The van der Waals surface area contributed by atoms with Gasteiger partial charge in [0.25, 0.3) is 0 Å². The Morgan fingerprint density at radius 1 is 0.758 bits per heavy atom. The molecule has 0 aromatic heterocycles. The van der Waals surface area contributed by atoms with E-state index in [2.05, 4.69) is 16.0 Å². The maximum absolute atomic E-state index is 12.7. The molecule has 33 heavy (non-hydrogen) atoms. The number of hydrogen-bond donors (Lipinski definition) is 9. The molecule has 0 fully saturated rings. The number of rotatable bonds is 17. The lowest BCUT2D eigenvalue weighted by Gasteiger charge is -2.24. The number of carboxylic acids is 1. The van der Waals surface area contributed by atoms with Crippen LogP contribution in [0.5, 0.6) is 0 Å². The Kier molecular flexibility index (Phi) is 13.9. The molecule has 0 rings (SSSR count). The normalized spacial score (nSPS) is 14.3. The Morgan fingerprint density at radius 3 is 1.79 bits per heavy atom. The Hall–Kier alpha value is -3.30. The maximum atomic E-state index is 12.7. The second-order valence-corrected chi connectivity index (χ2v) is 7.27. The number of aliphatic carboxylic acids is 1. The van der Waals surface area contributed by atoms with E-state index in [9.17, 15) is 28.8 Å². The molecule has 0 heterocycles. The minimum Gasteiger partial charge on any atom is -0.480 e. The van der Waals surface area contributed by atoms with Gasteiger partial charge in [0.1, 0.15) is 18.1 Å². The molecular weight excluding hydrogens is 442 g/mol. The highest BCUT2D eigenvalue weighted by atomic mass is 16.4. The van der Waals surface area contributed by atoms with Crippen LogP contribution >= 0.6 is 0 Å². The quantitative estimate of drug-likeness (QED) is 0.0903. The van der Waals surface area contributed by atoms with Crippen LogP contribution < -0.4 is 38.9 Å². The molecule has 13 N–H and O–H groups in total. The van der Waals surface area contributed by atoms with Gasteiger partial charge in [0.05, 0.1) is 19.1 Å². The van der Waals surface area contributed by atoms with Gasteiger partial charge >= 0.3 is 5.97 Å². The van der Waals surface area contributed by atoms with Gasteiger partial charge in [-0.25, -0.2) is 4.79 Å². The molecule has 0 bridgehead atoms. The number of nitrogens with one attached hydrogen (secondary N) is 3. The summed E-state index contributed by atoms with van der Waals surface area (Å²) in [6.07, 6.45) is 0.0382. The number of primary amides is 2. The number of nitrogens with two attached hydrogens (primary N) is 4. The summed E-state index contributed by atoms with van der Waals surface area (Å²) >= 11 is 0. The third kappa shape index (κ3) is 12.4. The van der Waals surface area contributed by atoms with Crippen LogP contribution in [0.4, 0.5) is 0 Å². The van der Waals surface area contributed by atoms with E-state index in [0.29, 0.717) is 19.4 Å². The third-order valence-corrected chi connectivity index (χ3v) is 4.45. The number of unbranched alkanes of at least 4 members (excludes halogenated alkanes) is 1. The molecule has 15 nitrogen and oxygen atoms in total. The molecular formula is C18H33N7O8. The fraction of sp³-hybridized carbons (Fsp3) is 0.667. The molecule has 0 aliphatic carbocycles. The summed E-state index contributed by atoms with van der Waals surface area (Å²) in [5, 5.41) is 24.8.